The van der Waals surface area contributed by atoms with E-state index in [1.807, 2.05) is 0 Å². The Morgan fingerprint density at radius 1 is 1.20 bits per heavy atom. The van der Waals surface area contributed by atoms with Gasteiger partial charge in [-0.15, -0.1) is 0 Å². The molecule has 0 aliphatic carbocycles. The molecule has 1 N–H and O–H groups in total. The smallest absolute Gasteiger partial charge is 0.00465 e. The van der Waals surface area contributed by atoms with Crippen LogP contribution in [0.4, 0.5) is 0 Å². The maximum atomic E-state index is 3.42. The van der Waals surface area contributed by atoms with Crippen LogP contribution in [0.15, 0.2) is 0 Å². The zero-order valence-electron chi connectivity index (χ0n) is 7.61. The fraction of sp³-hybridized carbons (Fsp3) is 1.00. The lowest BCUT2D eigenvalue weighted by Crippen LogP contribution is -2.17. The van der Waals surface area contributed by atoms with Crippen molar-refractivity contribution in [3.63, 3.8) is 0 Å². The van der Waals surface area contributed by atoms with Crippen LogP contribution in [0.2, 0.25) is 0 Å². The van der Waals surface area contributed by atoms with Gasteiger partial charge >= 0.3 is 0 Å². The van der Waals surface area contributed by atoms with Crippen LogP contribution in [0.5, 0.6) is 0 Å². The van der Waals surface area contributed by atoms with Crippen LogP contribution in [0.25, 0.3) is 0 Å². The van der Waals surface area contributed by atoms with Crippen LogP contribution in [0.1, 0.15) is 40.0 Å². The van der Waals surface area contributed by atoms with Crippen LogP contribution in [-0.4, -0.2) is 13.1 Å². The monoisotopic (exact) mass is 143 g/mol. The molecular formula is C9H21N. The summed E-state index contributed by atoms with van der Waals surface area (Å²) in [7, 11) is 0. The van der Waals surface area contributed by atoms with Crippen molar-refractivity contribution in [3.8, 4) is 0 Å². The van der Waals surface area contributed by atoms with Gasteiger partial charge in [-0.3, -0.25) is 0 Å². The molecule has 0 spiro atoms. The highest BCUT2D eigenvalue weighted by molar-refractivity contribution is 4.50. The zero-order chi connectivity index (χ0) is 7.82. The van der Waals surface area contributed by atoms with Gasteiger partial charge in [0, 0.05) is 0 Å². The van der Waals surface area contributed by atoms with E-state index in [1.54, 1.807) is 0 Å². The Bertz CT molecular complexity index is 59.7. The first-order valence-corrected chi connectivity index (χ1v) is 4.48. The van der Waals surface area contributed by atoms with Gasteiger partial charge in [-0.25, -0.2) is 0 Å². The van der Waals surface area contributed by atoms with Crippen LogP contribution in [0.3, 0.4) is 0 Å². The molecule has 0 aliphatic heterocycles. The molecule has 62 valence electrons. The first-order chi connectivity index (χ1) is 4.77. The summed E-state index contributed by atoms with van der Waals surface area (Å²) in [5.74, 6) is 0.842. The van der Waals surface area contributed by atoms with Crippen LogP contribution < -0.4 is 5.32 Å². The molecule has 1 heteroatoms. The quantitative estimate of drug-likeness (QED) is 0.563. The number of unbranched alkanes of at least 4 members (excludes halogenated alkanes) is 1. The largest absolute Gasteiger partial charge is 0.317 e. The van der Waals surface area contributed by atoms with Crippen LogP contribution in [-0.2, 0) is 0 Å². The minimum atomic E-state index is 0.842. The van der Waals surface area contributed by atoms with Gasteiger partial charge in [0.05, 0.1) is 0 Å². The molecule has 0 saturated heterocycles. The van der Waals surface area contributed by atoms with Crippen LogP contribution in [0, 0.1) is 5.92 Å². The van der Waals surface area contributed by atoms with Gasteiger partial charge in [0.25, 0.3) is 0 Å². The van der Waals surface area contributed by atoms with E-state index in [0.717, 1.165) is 5.92 Å². The summed E-state index contributed by atoms with van der Waals surface area (Å²) in [4.78, 5) is 0. The summed E-state index contributed by atoms with van der Waals surface area (Å²) in [5.41, 5.74) is 0. The summed E-state index contributed by atoms with van der Waals surface area (Å²) in [6.45, 7) is 9.15. The van der Waals surface area contributed by atoms with Gasteiger partial charge in [-0.1, -0.05) is 27.2 Å². The third-order valence-corrected chi connectivity index (χ3v) is 1.61. The molecule has 0 aromatic heterocycles. The zero-order valence-corrected chi connectivity index (χ0v) is 7.61. The average molecular weight is 143 g/mol. The molecule has 0 aliphatic rings. The van der Waals surface area contributed by atoms with Gasteiger partial charge < -0.3 is 5.32 Å². The predicted molar refractivity (Wildman–Crippen MR) is 47.2 cm³/mol. The van der Waals surface area contributed by atoms with E-state index in [0.29, 0.717) is 0 Å². The van der Waals surface area contributed by atoms with Crippen LogP contribution >= 0.6 is 0 Å². The van der Waals surface area contributed by atoms with Crippen molar-refractivity contribution >= 4 is 0 Å². The molecular weight excluding hydrogens is 122 g/mol. The minimum absolute atomic E-state index is 0.842. The molecule has 10 heavy (non-hydrogen) atoms. The Morgan fingerprint density at radius 3 is 2.40 bits per heavy atom. The highest BCUT2D eigenvalue weighted by Gasteiger charge is 1.91. The van der Waals surface area contributed by atoms with Gasteiger partial charge in [-0.2, -0.15) is 0 Å². The van der Waals surface area contributed by atoms with E-state index in [4.69, 9.17) is 0 Å². The molecule has 0 aromatic rings. The van der Waals surface area contributed by atoms with Crippen molar-refractivity contribution in [2.45, 2.75) is 40.0 Å². The Kier molecular flexibility index (Phi) is 7.04. The van der Waals surface area contributed by atoms with Crippen molar-refractivity contribution in [1.82, 2.24) is 5.32 Å². The van der Waals surface area contributed by atoms with Crippen molar-refractivity contribution in [3.05, 3.63) is 0 Å². The van der Waals surface area contributed by atoms with Crippen molar-refractivity contribution in [2.75, 3.05) is 13.1 Å². The third-order valence-electron chi connectivity index (χ3n) is 1.61. The van der Waals surface area contributed by atoms with Gasteiger partial charge in [0.2, 0.25) is 0 Å². The maximum Gasteiger partial charge on any atom is -0.00465 e. The average Bonchev–Trinajstić information content (AvgIpc) is 1.87. The van der Waals surface area contributed by atoms with Crippen molar-refractivity contribution < 1.29 is 0 Å². The molecule has 0 saturated carbocycles. The standard InChI is InChI=1S/C9H21N/c1-4-5-7-10-8-6-9(2)3/h9-10H,4-8H2,1-3H3. The van der Waals surface area contributed by atoms with E-state index in [1.165, 1.54) is 32.4 Å². The normalized spacial score (nSPS) is 10.8. The molecule has 0 amide bonds. The minimum Gasteiger partial charge on any atom is -0.317 e. The predicted octanol–water partition coefficient (Wildman–Crippen LogP) is 2.42. The molecule has 0 heterocycles. The van der Waals surface area contributed by atoms with E-state index < -0.39 is 0 Å². The summed E-state index contributed by atoms with van der Waals surface area (Å²) < 4.78 is 0. The lowest BCUT2D eigenvalue weighted by atomic mass is 10.1. The Morgan fingerprint density at radius 2 is 1.90 bits per heavy atom. The lowest BCUT2D eigenvalue weighted by Gasteiger charge is -2.05. The Balaban J connectivity index is 2.77. The second-order valence-corrected chi connectivity index (χ2v) is 3.29. The number of nitrogens with one attached hydrogen (secondary N) is 1. The molecule has 0 fully saturated rings. The van der Waals surface area contributed by atoms with E-state index in [2.05, 4.69) is 26.1 Å². The molecule has 0 aromatic carbocycles. The number of hydrogen-bond acceptors (Lipinski definition) is 1. The first-order valence-electron chi connectivity index (χ1n) is 4.48. The van der Waals surface area contributed by atoms with E-state index >= 15 is 0 Å². The summed E-state index contributed by atoms with van der Waals surface area (Å²) in [5, 5.41) is 3.42. The lowest BCUT2D eigenvalue weighted by molar-refractivity contribution is 0.530. The van der Waals surface area contributed by atoms with E-state index in [9.17, 15) is 0 Å². The highest BCUT2D eigenvalue weighted by Crippen LogP contribution is 1.96. The molecule has 0 rings (SSSR count). The van der Waals surface area contributed by atoms with Crippen molar-refractivity contribution in [1.29, 1.82) is 0 Å². The Labute approximate surface area is 65.2 Å². The Hall–Kier alpha value is -0.0400. The highest BCUT2D eigenvalue weighted by atomic mass is 14.8. The fourth-order valence-electron chi connectivity index (χ4n) is 0.818. The molecule has 0 bridgehead atoms. The molecule has 0 atom stereocenters. The molecule has 0 radical (unpaired) electrons. The summed E-state index contributed by atoms with van der Waals surface area (Å²) in [6.07, 6.45) is 3.93. The fourth-order valence-corrected chi connectivity index (χ4v) is 0.818. The summed E-state index contributed by atoms with van der Waals surface area (Å²) >= 11 is 0. The van der Waals surface area contributed by atoms with Gasteiger partial charge in [-0.05, 0) is 31.8 Å². The second kappa shape index (κ2) is 7.07. The first kappa shape index (κ1) is 9.96. The molecule has 0 unspecified atom stereocenters. The van der Waals surface area contributed by atoms with Gasteiger partial charge in [0.15, 0.2) is 0 Å². The SMILES string of the molecule is CCCCNCCC(C)C. The van der Waals surface area contributed by atoms with Crippen molar-refractivity contribution in [2.24, 2.45) is 5.92 Å². The summed E-state index contributed by atoms with van der Waals surface area (Å²) in [6, 6.07) is 0. The number of hydrogen-bond donors (Lipinski definition) is 1. The number of rotatable bonds is 6. The third kappa shape index (κ3) is 7.96. The topological polar surface area (TPSA) is 12.0 Å². The maximum absolute atomic E-state index is 3.42. The van der Waals surface area contributed by atoms with Gasteiger partial charge in [0.1, 0.15) is 0 Å². The second-order valence-electron chi connectivity index (χ2n) is 3.29. The molecule has 1 nitrogen and oxygen atoms in total. The van der Waals surface area contributed by atoms with E-state index in [-0.39, 0.29) is 0 Å².